The number of halogens is 2. The van der Waals surface area contributed by atoms with Crippen LogP contribution in [0.2, 0.25) is 5.02 Å². The third kappa shape index (κ3) is 3.92. The Labute approximate surface area is 130 Å². The molecular formula is C15H12BrClN2O. The van der Waals surface area contributed by atoms with Crippen LogP contribution in [0.3, 0.4) is 0 Å². The van der Waals surface area contributed by atoms with E-state index in [-0.39, 0.29) is 5.91 Å². The summed E-state index contributed by atoms with van der Waals surface area (Å²) < 4.78 is 0.964. The van der Waals surface area contributed by atoms with Crippen LogP contribution in [-0.2, 0) is 0 Å². The lowest BCUT2D eigenvalue weighted by molar-refractivity contribution is 0.0955. The van der Waals surface area contributed by atoms with Gasteiger partial charge in [0.2, 0.25) is 0 Å². The lowest BCUT2D eigenvalue weighted by Crippen LogP contribution is -2.19. The second-order valence-electron chi connectivity index (χ2n) is 4.16. The topological polar surface area (TPSA) is 41.5 Å². The van der Waals surface area contributed by atoms with Crippen LogP contribution in [0.5, 0.6) is 0 Å². The number of carbonyl (C=O) groups excluding carboxylic acids is 1. The molecule has 0 spiro atoms. The number of rotatable bonds is 3. The molecule has 0 atom stereocenters. The molecule has 0 aromatic heterocycles. The first-order valence-corrected chi connectivity index (χ1v) is 7.09. The Bertz CT molecular complexity index is 670. The number of hydrazone groups is 1. The van der Waals surface area contributed by atoms with Crippen LogP contribution in [0.15, 0.2) is 58.1 Å². The van der Waals surface area contributed by atoms with E-state index in [2.05, 4.69) is 26.5 Å². The molecule has 1 amide bonds. The van der Waals surface area contributed by atoms with Gasteiger partial charge < -0.3 is 0 Å². The zero-order chi connectivity index (χ0) is 14.5. The molecule has 0 heterocycles. The average Bonchev–Trinajstić information content (AvgIpc) is 2.44. The van der Waals surface area contributed by atoms with E-state index in [0.717, 1.165) is 15.7 Å². The van der Waals surface area contributed by atoms with Gasteiger partial charge in [0, 0.05) is 15.1 Å². The van der Waals surface area contributed by atoms with Gasteiger partial charge in [0.15, 0.2) is 0 Å². The number of carbonyl (C=O) groups is 1. The molecule has 0 saturated carbocycles. The third-order valence-corrected chi connectivity index (χ3v) is 3.38. The molecule has 1 N–H and O–H groups in total. The Balaban J connectivity index is 2.11. The summed E-state index contributed by atoms with van der Waals surface area (Å²) >= 11 is 9.24. The van der Waals surface area contributed by atoms with Crippen LogP contribution >= 0.6 is 27.5 Å². The molecule has 2 aromatic rings. The van der Waals surface area contributed by atoms with Gasteiger partial charge in [-0.15, -0.1) is 0 Å². The highest BCUT2D eigenvalue weighted by Gasteiger charge is 2.05. The summed E-state index contributed by atoms with van der Waals surface area (Å²) in [7, 11) is 0. The molecular weight excluding hydrogens is 340 g/mol. The van der Waals surface area contributed by atoms with Crippen molar-refractivity contribution in [1.82, 2.24) is 5.43 Å². The number of hydrogen-bond donors (Lipinski definition) is 1. The first kappa shape index (κ1) is 14.8. The van der Waals surface area contributed by atoms with Crippen LogP contribution in [0.25, 0.3) is 0 Å². The van der Waals surface area contributed by atoms with E-state index >= 15 is 0 Å². The minimum atomic E-state index is -0.290. The van der Waals surface area contributed by atoms with Gasteiger partial charge in [0.1, 0.15) is 0 Å². The smallest absolute Gasteiger partial charge is 0.267 e. The minimum Gasteiger partial charge on any atom is -0.267 e. The van der Waals surface area contributed by atoms with E-state index in [0.29, 0.717) is 10.6 Å². The van der Waals surface area contributed by atoms with Gasteiger partial charge in [-0.2, -0.15) is 5.10 Å². The second kappa shape index (κ2) is 6.68. The van der Waals surface area contributed by atoms with Gasteiger partial charge in [0.05, 0.1) is 5.71 Å². The summed E-state index contributed by atoms with van der Waals surface area (Å²) in [6, 6.07) is 14.4. The monoisotopic (exact) mass is 350 g/mol. The average molecular weight is 352 g/mol. The summed E-state index contributed by atoms with van der Waals surface area (Å²) in [4.78, 5) is 11.9. The molecule has 2 aromatic carbocycles. The first-order valence-electron chi connectivity index (χ1n) is 5.92. The van der Waals surface area contributed by atoms with E-state index in [1.165, 1.54) is 0 Å². The molecule has 0 aliphatic heterocycles. The van der Waals surface area contributed by atoms with Crippen LogP contribution in [-0.4, -0.2) is 11.6 Å². The van der Waals surface area contributed by atoms with E-state index in [1.807, 2.05) is 31.2 Å². The number of nitrogens with one attached hydrogen (secondary N) is 1. The molecule has 0 fully saturated rings. The van der Waals surface area contributed by atoms with Gasteiger partial charge in [0.25, 0.3) is 5.91 Å². The van der Waals surface area contributed by atoms with Crippen LogP contribution < -0.4 is 5.43 Å². The van der Waals surface area contributed by atoms with Crippen molar-refractivity contribution in [1.29, 1.82) is 0 Å². The molecule has 0 saturated heterocycles. The normalized spacial score (nSPS) is 11.2. The van der Waals surface area contributed by atoms with E-state index in [9.17, 15) is 4.79 Å². The molecule has 5 heteroatoms. The van der Waals surface area contributed by atoms with Crippen molar-refractivity contribution in [3.8, 4) is 0 Å². The molecule has 20 heavy (non-hydrogen) atoms. The third-order valence-electron chi connectivity index (χ3n) is 2.65. The van der Waals surface area contributed by atoms with Crippen molar-refractivity contribution in [2.45, 2.75) is 6.92 Å². The Morgan fingerprint density at radius 1 is 1.15 bits per heavy atom. The highest BCUT2D eigenvalue weighted by atomic mass is 79.9. The summed E-state index contributed by atoms with van der Waals surface area (Å²) in [6.07, 6.45) is 0. The number of amides is 1. The Hall–Kier alpha value is -1.65. The lowest BCUT2D eigenvalue weighted by atomic mass is 10.1. The highest BCUT2D eigenvalue weighted by molar-refractivity contribution is 9.10. The minimum absolute atomic E-state index is 0.290. The van der Waals surface area contributed by atoms with Crippen molar-refractivity contribution >= 4 is 39.1 Å². The predicted octanol–water partition coefficient (Wildman–Crippen LogP) is 4.26. The predicted molar refractivity (Wildman–Crippen MR) is 85.3 cm³/mol. The van der Waals surface area contributed by atoms with E-state index < -0.39 is 0 Å². The van der Waals surface area contributed by atoms with E-state index in [1.54, 1.807) is 24.3 Å². The Morgan fingerprint density at radius 3 is 2.55 bits per heavy atom. The molecule has 2 rings (SSSR count). The standard InChI is InChI=1S/C15H12BrClN2O/c1-10(11-4-2-6-13(16)8-11)18-19-15(20)12-5-3-7-14(17)9-12/h2-9H,1H3,(H,19,20)/b18-10+. The van der Waals surface area contributed by atoms with Crippen molar-refractivity contribution in [3.05, 3.63) is 69.2 Å². The summed E-state index contributed by atoms with van der Waals surface area (Å²) in [5.41, 5.74) is 4.65. The number of hydrogen-bond acceptors (Lipinski definition) is 2. The van der Waals surface area contributed by atoms with Crippen molar-refractivity contribution in [2.24, 2.45) is 5.10 Å². The zero-order valence-corrected chi connectivity index (χ0v) is 13.1. The van der Waals surface area contributed by atoms with Crippen molar-refractivity contribution in [3.63, 3.8) is 0 Å². The first-order chi connectivity index (χ1) is 9.56. The molecule has 0 aliphatic rings. The fourth-order valence-corrected chi connectivity index (χ4v) is 2.20. The number of nitrogens with zero attached hydrogens (tertiary/aromatic N) is 1. The van der Waals surface area contributed by atoms with E-state index in [4.69, 9.17) is 11.6 Å². The van der Waals surface area contributed by atoms with Gasteiger partial charge in [-0.3, -0.25) is 4.79 Å². The van der Waals surface area contributed by atoms with Gasteiger partial charge in [-0.25, -0.2) is 5.43 Å². The lowest BCUT2D eigenvalue weighted by Gasteiger charge is -2.04. The summed E-state index contributed by atoms with van der Waals surface area (Å²) in [5.74, 6) is -0.290. The molecule has 0 bridgehead atoms. The maximum atomic E-state index is 11.9. The molecule has 3 nitrogen and oxygen atoms in total. The number of benzene rings is 2. The van der Waals surface area contributed by atoms with Crippen LogP contribution in [0.4, 0.5) is 0 Å². The van der Waals surface area contributed by atoms with Crippen molar-refractivity contribution < 1.29 is 4.79 Å². The molecule has 0 radical (unpaired) electrons. The molecule has 0 unspecified atom stereocenters. The highest BCUT2D eigenvalue weighted by Crippen LogP contribution is 2.13. The fraction of sp³-hybridized carbons (Fsp3) is 0.0667. The van der Waals surface area contributed by atoms with Crippen LogP contribution in [0, 0.1) is 0 Å². The van der Waals surface area contributed by atoms with Gasteiger partial charge in [-0.05, 0) is 42.8 Å². The fourth-order valence-electron chi connectivity index (χ4n) is 1.61. The van der Waals surface area contributed by atoms with Gasteiger partial charge in [-0.1, -0.05) is 45.7 Å². The van der Waals surface area contributed by atoms with Crippen molar-refractivity contribution in [2.75, 3.05) is 0 Å². The largest absolute Gasteiger partial charge is 0.271 e. The Morgan fingerprint density at radius 2 is 1.85 bits per heavy atom. The molecule has 0 aliphatic carbocycles. The quantitative estimate of drug-likeness (QED) is 0.651. The maximum absolute atomic E-state index is 11.9. The van der Waals surface area contributed by atoms with Gasteiger partial charge >= 0.3 is 0 Å². The Kier molecular flexibility index (Phi) is 4.93. The SMILES string of the molecule is C/C(=N\NC(=O)c1cccc(Cl)c1)c1cccc(Br)c1. The summed E-state index contributed by atoms with van der Waals surface area (Å²) in [5, 5.41) is 4.61. The zero-order valence-electron chi connectivity index (χ0n) is 10.7. The molecule has 102 valence electrons. The maximum Gasteiger partial charge on any atom is 0.271 e. The second-order valence-corrected chi connectivity index (χ2v) is 5.51. The van der Waals surface area contributed by atoms with Crippen LogP contribution in [0.1, 0.15) is 22.8 Å². The summed E-state index contributed by atoms with van der Waals surface area (Å²) in [6.45, 7) is 1.83.